The number of aromatic nitrogens is 1. The summed E-state index contributed by atoms with van der Waals surface area (Å²) >= 11 is 2.53. The highest BCUT2D eigenvalue weighted by Crippen LogP contribution is 2.45. The van der Waals surface area contributed by atoms with Crippen LogP contribution in [0.2, 0.25) is 0 Å². The molecule has 0 radical (unpaired) electrons. The van der Waals surface area contributed by atoms with Crippen LogP contribution in [0.3, 0.4) is 0 Å². The summed E-state index contributed by atoms with van der Waals surface area (Å²) in [7, 11) is -1.92. The molecular formula is C32H39F2IN4O4S. The number of rotatable bonds is 9. The minimum Gasteiger partial charge on any atom is -0.495 e. The molecular weight excluding hydrogens is 701 g/mol. The van der Waals surface area contributed by atoms with Crippen molar-refractivity contribution in [3.05, 3.63) is 48.2 Å². The maximum atomic E-state index is 13.7. The first kappa shape index (κ1) is 32.8. The molecule has 2 fully saturated rings. The number of halogens is 3. The van der Waals surface area contributed by atoms with E-state index >= 15 is 0 Å². The SMILES string of the molecule is COc1cc(S(C)(=O)=O)ccc1NCC#Cc1cc2c(N[C@]3(I)CC[C@](C)(N4CCOCC4)CC3)cccc2n1CC(F)F. The van der Waals surface area contributed by atoms with Gasteiger partial charge in [-0.15, -0.1) is 0 Å². The zero-order valence-electron chi connectivity index (χ0n) is 25.3. The zero-order valence-corrected chi connectivity index (χ0v) is 28.2. The smallest absolute Gasteiger partial charge is 0.256 e. The topological polar surface area (TPSA) is 84.8 Å². The Bertz CT molecular complexity index is 1650. The van der Waals surface area contributed by atoms with E-state index in [4.69, 9.17) is 9.47 Å². The van der Waals surface area contributed by atoms with E-state index < -0.39 is 22.8 Å². The van der Waals surface area contributed by atoms with Crippen LogP contribution in [0.25, 0.3) is 10.9 Å². The molecule has 2 aromatic carbocycles. The third kappa shape index (κ3) is 7.43. The van der Waals surface area contributed by atoms with E-state index in [1.807, 2.05) is 24.3 Å². The largest absolute Gasteiger partial charge is 0.495 e. The second kappa shape index (κ2) is 13.4. The van der Waals surface area contributed by atoms with Gasteiger partial charge in [-0.05, 0) is 68.9 Å². The van der Waals surface area contributed by atoms with Crippen LogP contribution < -0.4 is 15.4 Å². The van der Waals surface area contributed by atoms with Crippen LogP contribution in [0.4, 0.5) is 20.2 Å². The molecule has 1 aromatic heterocycles. The summed E-state index contributed by atoms with van der Waals surface area (Å²) < 4.78 is 63.5. The molecule has 1 saturated heterocycles. The van der Waals surface area contributed by atoms with Gasteiger partial charge in [0.15, 0.2) is 9.84 Å². The van der Waals surface area contributed by atoms with Crippen molar-refractivity contribution >= 4 is 54.7 Å². The van der Waals surface area contributed by atoms with E-state index in [-0.39, 0.29) is 20.5 Å². The standard InChI is InChI=1S/C32H39F2IN4O4S/c1-31(38-16-18-43-19-17-38)11-13-32(35,14-12-31)37-26-7-4-8-28-25(26)20-23(39(28)22-30(33)34)6-5-15-36-27-10-9-24(44(3,40)41)21-29(27)42-2/h4,7-10,20-21,30,36-37H,11-19,22H2,1-3H3/t31-,32+. The molecule has 238 valence electrons. The molecule has 2 aliphatic rings. The Morgan fingerprint density at radius 3 is 2.48 bits per heavy atom. The molecule has 0 amide bonds. The number of hydrogen-bond donors (Lipinski definition) is 2. The number of sulfone groups is 1. The number of methoxy groups -OCH3 is 1. The molecule has 8 nitrogen and oxygen atoms in total. The predicted molar refractivity (Wildman–Crippen MR) is 179 cm³/mol. The average molecular weight is 741 g/mol. The van der Waals surface area contributed by atoms with Crippen molar-refractivity contribution in [1.82, 2.24) is 9.47 Å². The first-order valence-corrected chi connectivity index (χ1v) is 17.7. The normalized spacial score (nSPS) is 22.9. The van der Waals surface area contributed by atoms with E-state index in [0.29, 0.717) is 22.6 Å². The maximum absolute atomic E-state index is 13.7. The van der Waals surface area contributed by atoms with E-state index in [9.17, 15) is 17.2 Å². The fraction of sp³-hybridized carbons (Fsp3) is 0.500. The fourth-order valence-corrected chi connectivity index (χ4v) is 7.59. The van der Waals surface area contributed by atoms with E-state index in [1.165, 1.54) is 19.2 Å². The summed E-state index contributed by atoms with van der Waals surface area (Å²) in [6.07, 6.45) is 2.71. The van der Waals surface area contributed by atoms with Crippen LogP contribution in [0.15, 0.2) is 47.4 Å². The monoisotopic (exact) mass is 740 g/mol. The summed E-state index contributed by atoms with van der Waals surface area (Å²) in [5.74, 6) is 6.48. The van der Waals surface area contributed by atoms with Crippen LogP contribution in [-0.2, 0) is 21.1 Å². The van der Waals surface area contributed by atoms with Gasteiger partial charge in [0.25, 0.3) is 6.43 Å². The molecule has 12 heteroatoms. The molecule has 0 atom stereocenters. The molecule has 2 N–H and O–H groups in total. The Morgan fingerprint density at radius 2 is 1.82 bits per heavy atom. The van der Waals surface area contributed by atoms with Gasteiger partial charge in [-0.3, -0.25) is 4.90 Å². The Kier molecular flexibility index (Phi) is 9.99. The fourth-order valence-electron chi connectivity index (χ4n) is 6.12. The van der Waals surface area contributed by atoms with Crippen molar-refractivity contribution in [1.29, 1.82) is 0 Å². The van der Waals surface area contributed by atoms with Crippen LogP contribution >= 0.6 is 22.6 Å². The van der Waals surface area contributed by atoms with Gasteiger partial charge in [0.2, 0.25) is 0 Å². The van der Waals surface area contributed by atoms with Gasteiger partial charge < -0.3 is 24.7 Å². The number of nitrogens with one attached hydrogen (secondary N) is 2. The average Bonchev–Trinajstić information content (AvgIpc) is 3.34. The first-order chi connectivity index (χ1) is 20.9. The van der Waals surface area contributed by atoms with Crippen LogP contribution in [0, 0.1) is 11.8 Å². The minimum absolute atomic E-state index is 0.149. The molecule has 5 rings (SSSR count). The van der Waals surface area contributed by atoms with E-state index in [1.54, 1.807) is 10.6 Å². The highest BCUT2D eigenvalue weighted by molar-refractivity contribution is 14.1. The van der Waals surface area contributed by atoms with Crippen LogP contribution in [0.5, 0.6) is 5.75 Å². The van der Waals surface area contributed by atoms with Crippen LogP contribution in [-0.4, -0.2) is 79.6 Å². The highest BCUT2D eigenvalue weighted by Gasteiger charge is 2.42. The second-order valence-corrected chi connectivity index (χ2v) is 15.8. The number of hydrogen-bond acceptors (Lipinski definition) is 7. The van der Waals surface area contributed by atoms with Crippen molar-refractivity contribution in [2.45, 2.75) is 59.6 Å². The number of nitrogens with zero attached hydrogens (tertiary/aromatic N) is 2. The lowest BCUT2D eigenvalue weighted by Crippen LogP contribution is -2.55. The minimum atomic E-state index is -3.38. The van der Waals surface area contributed by atoms with Gasteiger partial charge in [-0.1, -0.05) is 34.6 Å². The number of anilines is 2. The van der Waals surface area contributed by atoms with Gasteiger partial charge in [0.1, 0.15) is 5.75 Å². The van der Waals surface area contributed by atoms with E-state index in [0.717, 1.165) is 69.3 Å². The van der Waals surface area contributed by atoms with Crippen molar-refractivity contribution in [3.8, 4) is 17.6 Å². The molecule has 1 saturated carbocycles. The van der Waals surface area contributed by atoms with Crippen molar-refractivity contribution in [2.24, 2.45) is 0 Å². The first-order valence-electron chi connectivity index (χ1n) is 14.7. The lowest BCUT2D eigenvalue weighted by Gasteiger charge is -2.49. The molecule has 1 aliphatic heterocycles. The van der Waals surface area contributed by atoms with Crippen molar-refractivity contribution in [3.63, 3.8) is 0 Å². The molecule has 0 bridgehead atoms. The lowest BCUT2D eigenvalue weighted by molar-refractivity contribution is -0.0311. The Labute approximate surface area is 271 Å². The molecule has 0 unspecified atom stereocenters. The second-order valence-electron chi connectivity index (χ2n) is 11.7. The summed E-state index contributed by atoms with van der Waals surface area (Å²) in [6, 6.07) is 12.2. The van der Waals surface area contributed by atoms with Gasteiger partial charge in [0.05, 0.1) is 58.8 Å². The number of fused-ring (bicyclic) bond motifs is 1. The van der Waals surface area contributed by atoms with E-state index in [2.05, 4.69) is 56.9 Å². The summed E-state index contributed by atoms with van der Waals surface area (Å²) in [4.78, 5) is 2.72. The Morgan fingerprint density at radius 1 is 1.09 bits per heavy atom. The van der Waals surface area contributed by atoms with Gasteiger partial charge in [-0.25, -0.2) is 17.2 Å². The molecule has 2 heterocycles. The number of benzene rings is 2. The summed E-state index contributed by atoms with van der Waals surface area (Å²) in [5, 5.41) is 7.77. The molecule has 0 spiro atoms. The van der Waals surface area contributed by atoms with Crippen molar-refractivity contribution in [2.75, 3.05) is 56.8 Å². The summed E-state index contributed by atoms with van der Waals surface area (Å²) in [5.41, 5.74) is 2.86. The number of ether oxygens (including phenoxy) is 2. The number of alkyl halides is 3. The zero-order chi connectivity index (χ0) is 31.5. The van der Waals surface area contributed by atoms with Crippen molar-refractivity contribution < 1.29 is 26.7 Å². The maximum Gasteiger partial charge on any atom is 0.256 e. The van der Waals surface area contributed by atoms with Gasteiger partial charge >= 0.3 is 0 Å². The quantitative estimate of drug-likeness (QED) is 0.121. The Balaban J connectivity index is 1.34. The molecule has 1 aliphatic carbocycles. The van der Waals surface area contributed by atoms with Gasteiger partial charge in [0, 0.05) is 42.0 Å². The third-order valence-corrected chi connectivity index (χ3v) is 11.2. The lowest BCUT2D eigenvalue weighted by atomic mass is 9.79. The Hall–Kier alpha value is -2.60. The third-order valence-electron chi connectivity index (χ3n) is 8.70. The predicted octanol–water partition coefficient (Wildman–Crippen LogP) is 5.99. The molecule has 3 aromatic rings. The highest BCUT2D eigenvalue weighted by atomic mass is 127. The van der Waals surface area contributed by atoms with Gasteiger partial charge in [-0.2, -0.15) is 0 Å². The molecule has 44 heavy (non-hydrogen) atoms. The summed E-state index contributed by atoms with van der Waals surface area (Å²) in [6.45, 7) is 5.62. The number of morpholine rings is 1. The van der Waals surface area contributed by atoms with Crippen LogP contribution in [0.1, 0.15) is 38.3 Å².